The van der Waals surface area contributed by atoms with Crippen LogP contribution >= 0.6 is 0 Å². The van der Waals surface area contributed by atoms with E-state index < -0.39 is 8.80 Å². The van der Waals surface area contributed by atoms with Crippen LogP contribution < -0.4 is 0 Å². The highest BCUT2D eigenvalue weighted by atomic mass is 28.4. The van der Waals surface area contributed by atoms with Crippen LogP contribution in [0, 0.1) is 0 Å². The molecule has 0 aromatic heterocycles. The van der Waals surface area contributed by atoms with Gasteiger partial charge in [0.1, 0.15) is 0 Å². The highest BCUT2D eigenvalue weighted by molar-refractivity contribution is 6.60. The van der Waals surface area contributed by atoms with Crippen molar-refractivity contribution in [2.45, 2.75) is 40.2 Å². The van der Waals surface area contributed by atoms with Crippen LogP contribution in [0.5, 0.6) is 0 Å². The molecule has 0 aliphatic carbocycles. The van der Waals surface area contributed by atoms with Gasteiger partial charge >= 0.3 is 8.80 Å². The van der Waals surface area contributed by atoms with E-state index in [2.05, 4.69) is 6.92 Å². The molecule has 0 aromatic carbocycles. The molecular weight excluding hydrogens is 200 g/mol. The molecule has 0 unspecified atom stereocenters. The van der Waals surface area contributed by atoms with Crippen LogP contribution in [0.1, 0.15) is 34.1 Å². The molecule has 4 nitrogen and oxygen atoms in total. The van der Waals surface area contributed by atoms with Crippen molar-refractivity contribution in [3.8, 4) is 0 Å². The topological polar surface area (TPSA) is 56.2 Å². The van der Waals surface area contributed by atoms with Crippen molar-refractivity contribution in [3.63, 3.8) is 0 Å². The summed E-state index contributed by atoms with van der Waals surface area (Å²) in [6.45, 7) is 10.1. The van der Waals surface area contributed by atoms with Crippen molar-refractivity contribution in [2.24, 2.45) is 0 Å². The Hall–Kier alpha value is 0.0569. The van der Waals surface area contributed by atoms with Crippen molar-refractivity contribution in [2.75, 3.05) is 19.8 Å². The fraction of sp³-hybridized carbons (Fsp3) is 1.00. The quantitative estimate of drug-likeness (QED) is 0.592. The van der Waals surface area contributed by atoms with E-state index in [0.29, 0.717) is 19.8 Å². The van der Waals surface area contributed by atoms with Gasteiger partial charge in [-0.1, -0.05) is 13.3 Å². The monoisotopic (exact) mass is 222 g/mol. The third-order valence-corrected chi connectivity index (χ3v) is 4.95. The highest BCUT2D eigenvalue weighted by Crippen LogP contribution is 2.17. The van der Waals surface area contributed by atoms with E-state index in [-0.39, 0.29) is 5.48 Å². The molecule has 0 heterocycles. The van der Waals surface area contributed by atoms with Gasteiger partial charge in [0.15, 0.2) is 0 Å². The van der Waals surface area contributed by atoms with Gasteiger partial charge in [0.25, 0.3) is 0 Å². The highest BCUT2D eigenvalue weighted by Gasteiger charge is 2.38. The second-order valence-electron chi connectivity index (χ2n) is 2.73. The molecular formula is C9H22O4Si. The molecule has 0 spiro atoms. The molecule has 0 aliphatic heterocycles. The Morgan fingerprint density at radius 3 is 1.36 bits per heavy atom. The zero-order valence-corrected chi connectivity index (χ0v) is 10.7. The molecule has 0 bridgehead atoms. The van der Waals surface area contributed by atoms with Crippen molar-refractivity contribution >= 4 is 8.80 Å². The van der Waals surface area contributed by atoms with Gasteiger partial charge in [-0.15, -0.1) is 0 Å². The Balaban J connectivity index is 0. The molecule has 86 valence electrons. The number of hydrogen-bond acceptors (Lipinski definition) is 3. The Morgan fingerprint density at radius 2 is 1.14 bits per heavy atom. The first kappa shape index (κ1) is 16.5. The van der Waals surface area contributed by atoms with E-state index in [1.54, 1.807) is 0 Å². The SMILES string of the molecule is CCC[Si](OCC)(OCC)OCC.[O]. The summed E-state index contributed by atoms with van der Waals surface area (Å²) in [6.07, 6.45) is 1.05. The zero-order chi connectivity index (χ0) is 10.2. The smallest absolute Gasteiger partial charge is 0.374 e. The molecule has 5 heteroatoms. The molecule has 0 saturated heterocycles. The molecule has 0 aliphatic rings. The standard InChI is InChI=1S/C9H22O3Si.O/c1-5-9-13(10-6-2,11-7-3)12-8-4;/h5-9H2,1-4H3;. The van der Waals surface area contributed by atoms with Crippen LogP contribution in [-0.2, 0) is 18.8 Å². The lowest BCUT2D eigenvalue weighted by molar-refractivity contribution is 0.0712. The number of hydrogen-bond donors (Lipinski definition) is 0. The first-order valence-corrected chi connectivity index (χ1v) is 7.09. The minimum absolute atomic E-state index is 0. The Morgan fingerprint density at radius 1 is 0.786 bits per heavy atom. The minimum Gasteiger partial charge on any atom is -0.374 e. The molecule has 0 fully saturated rings. The van der Waals surface area contributed by atoms with E-state index in [1.165, 1.54) is 0 Å². The maximum Gasteiger partial charge on any atom is 0.500 e. The first-order valence-electron chi connectivity index (χ1n) is 5.16. The van der Waals surface area contributed by atoms with E-state index in [4.69, 9.17) is 13.3 Å². The van der Waals surface area contributed by atoms with Gasteiger partial charge in [0.05, 0.1) is 0 Å². The second kappa shape index (κ2) is 9.61. The summed E-state index contributed by atoms with van der Waals surface area (Å²) in [7, 11) is -2.30. The minimum atomic E-state index is -2.30. The fourth-order valence-electron chi connectivity index (χ4n) is 1.31. The maximum atomic E-state index is 5.65. The van der Waals surface area contributed by atoms with Crippen LogP contribution in [0.25, 0.3) is 0 Å². The summed E-state index contributed by atoms with van der Waals surface area (Å²) in [5, 5.41) is 0. The fourth-order valence-corrected chi connectivity index (χ4v) is 3.92. The number of rotatable bonds is 8. The molecule has 0 rings (SSSR count). The van der Waals surface area contributed by atoms with Gasteiger partial charge in [-0.2, -0.15) is 0 Å². The molecule has 0 atom stereocenters. The van der Waals surface area contributed by atoms with Gasteiger partial charge in [-0.3, -0.25) is 0 Å². The predicted octanol–water partition coefficient (Wildman–Crippen LogP) is 2.33. The molecule has 0 aromatic rings. The second-order valence-corrected chi connectivity index (χ2v) is 5.46. The van der Waals surface area contributed by atoms with Gasteiger partial charge < -0.3 is 13.3 Å². The van der Waals surface area contributed by atoms with Gasteiger partial charge in [0.2, 0.25) is 0 Å². The zero-order valence-electron chi connectivity index (χ0n) is 9.67. The van der Waals surface area contributed by atoms with E-state index in [1.807, 2.05) is 20.8 Å². The summed E-state index contributed by atoms with van der Waals surface area (Å²) < 4.78 is 16.9. The summed E-state index contributed by atoms with van der Waals surface area (Å²) in [5.74, 6) is 0. The van der Waals surface area contributed by atoms with E-state index in [0.717, 1.165) is 12.5 Å². The predicted molar refractivity (Wildman–Crippen MR) is 56.4 cm³/mol. The van der Waals surface area contributed by atoms with Gasteiger partial charge in [-0.05, 0) is 20.8 Å². The van der Waals surface area contributed by atoms with Crippen LogP contribution in [0.15, 0.2) is 0 Å². The first-order chi connectivity index (χ1) is 6.24. The molecule has 0 saturated carbocycles. The van der Waals surface area contributed by atoms with Gasteiger partial charge in [0, 0.05) is 31.3 Å². The third kappa shape index (κ3) is 5.72. The molecule has 2 radical (unpaired) electrons. The van der Waals surface area contributed by atoms with Crippen LogP contribution in [0.3, 0.4) is 0 Å². The largest absolute Gasteiger partial charge is 0.500 e. The average Bonchev–Trinajstić information content (AvgIpc) is 2.06. The molecule has 0 amide bonds. The normalized spacial score (nSPS) is 11.1. The van der Waals surface area contributed by atoms with Crippen molar-refractivity contribution in [3.05, 3.63) is 0 Å². The Kier molecular flexibility index (Phi) is 11.3. The summed E-state index contributed by atoms with van der Waals surface area (Å²) in [5.41, 5.74) is 0. The van der Waals surface area contributed by atoms with Crippen LogP contribution in [-0.4, -0.2) is 28.6 Å². The van der Waals surface area contributed by atoms with Gasteiger partial charge in [-0.25, -0.2) is 0 Å². The lowest BCUT2D eigenvalue weighted by Crippen LogP contribution is -2.45. The van der Waals surface area contributed by atoms with Crippen LogP contribution in [0.4, 0.5) is 0 Å². The summed E-state index contributed by atoms with van der Waals surface area (Å²) in [4.78, 5) is 0. The third-order valence-electron chi connectivity index (χ3n) is 1.65. The summed E-state index contributed by atoms with van der Waals surface area (Å²) >= 11 is 0. The molecule has 0 N–H and O–H groups in total. The molecule has 14 heavy (non-hydrogen) atoms. The maximum absolute atomic E-state index is 5.65. The lowest BCUT2D eigenvalue weighted by atomic mass is 10.6. The van der Waals surface area contributed by atoms with E-state index in [9.17, 15) is 0 Å². The van der Waals surface area contributed by atoms with Crippen LogP contribution in [0.2, 0.25) is 6.04 Å². The van der Waals surface area contributed by atoms with E-state index >= 15 is 0 Å². The Labute approximate surface area is 88.2 Å². The average molecular weight is 222 g/mol. The van der Waals surface area contributed by atoms with Crippen molar-refractivity contribution < 1.29 is 18.8 Å². The summed E-state index contributed by atoms with van der Waals surface area (Å²) in [6, 6.07) is 0.919. The lowest BCUT2D eigenvalue weighted by Gasteiger charge is -2.27. The van der Waals surface area contributed by atoms with Crippen molar-refractivity contribution in [1.82, 2.24) is 0 Å². The Bertz CT molecular complexity index is 91.9. The van der Waals surface area contributed by atoms with Crippen molar-refractivity contribution in [1.29, 1.82) is 0 Å².